The van der Waals surface area contributed by atoms with Gasteiger partial charge in [-0.05, 0) is 31.2 Å². The first-order valence-corrected chi connectivity index (χ1v) is 6.30. The molecule has 0 aliphatic rings. The number of aryl methyl sites for hydroxylation is 1. The Morgan fingerprint density at radius 2 is 2.10 bits per heavy atom. The molecule has 0 aliphatic carbocycles. The van der Waals surface area contributed by atoms with Crippen LogP contribution in [0.15, 0.2) is 48.8 Å². The minimum atomic E-state index is -0.510. The van der Waals surface area contributed by atoms with E-state index in [-0.39, 0.29) is 17.2 Å². The SMILES string of the molecule is Cc1cccc(C(=O)n2cc([N+](=O)[O-])c3cccnc32)c1. The van der Waals surface area contributed by atoms with Gasteiger partial charge in [0.1, 0.15) is 0 Å². The van der Waals surface area contributed by atoms with E-state index in [2.05, 4.69) is 4.98 Å². The molecule has 21 heavy (non-hydrogen) atoms. The van der Waals surface area contributed by atoms with E-state index in [0.29, 0.717) is 10.9 Å². The number of nitro groups is 1. The fourth-order valence-electron chi connectivity index (χ4n) is 2.26. The number of carbonyl (C=O) groups is 1. The number of pyridine rings is 1. The highest BCUT2D eigenvalue weighted by atomic mass is 16.6. The fraction of sp³-hybridized carbons (Fsp3) is 0.0667. The zero-order valence-electron chi connectivity index (χ0n) is 11.2. The van der Waals surface area contributed by atoms with Crippen LogP contribution < -0.4 is 0 Å². The van der Waals surface area contributed by atoms with Crippen LogP contribution in [0.5, 0.6) is 0 Å². The third-order valence-corrected chi connectivity index (χ3v) is 3.22. The van der Waals surface area contributed by atoms with Crippen molar-refractivity contribution in [2.45, 2.75) is 6.92 Å². The van der Waals surface area contributed by atoms with Gasteiger partial charge < -0.3 is 0 Å². The predicted molar refractivity (Wildman–Crippen MR) is 77.3 cm³/mol. The highest BCUT2D eigenvalue weighted by Crippen LogP contribution is 2.26. The second-order valence-corrected chi connectivity index (χ2v) is 4.69. The second-order valence-electron chi connectivity index (χ2n) is 4.69. The maximum absolute atomic E-state index is 12.5. The number of nitrogens with zero attached hydrogens (tertiary/aromatic N) is 3. The average molecular weight is 281 g/mol. The second kappa shape index (κ2) is 4.82. The van der Waals surface area contributed by atoms with Gasteiger partial charge in [0.15, 0.2) is 5.65 Å². The minimum absolute atomic E-state index is 0.126. The molecule has 0 amide bonds. The molecule has 0 spiro atoms. The molecule has 6 nitrogen and oxygen atoms in total. The summed E-state index contributed by atoms with van der Waals surface area (Å²) in [5.74, 6) is -0.338. The molecule has 0 atom stereocenters. The molecule has 3 aromatic rings. The summed E-state index contributed by atoms with van der Waals surface area (Å²) >= 11 is 0. The van der Waals surface area contributed by atoms with Crippen molar-refractivity contribution in [3.63, 3.8) is 0 Å². The van der Waals surface area contributed by atoms with Gasteiger partial charge in [-0.1, -0.05) is 17.7 Å². The maximum Gasteiger partial charge on any atom is 0.296 e. The highest BCUT2D eigenvalue weighted by molar-refractivity contribution is 6.03. The molecule has 3 rings (SSSR count). The van der Waals surface area contributed by atoms with Gasteiger partial charge in [0.05, 0.1) is 16.5 Å². The first-order valence-electron chi connectivity index (χ1n) is 6.30. The number of carbonyl (C=O) groups excluding carboxylic acids is 1. The summed E-state index contributed by atoms with van der Waals surface area (Å²) in [6.45, 7) is 1.88. The Bertz CT molecular complexity index is 867. The van der Waals surface area contributed by atoms with Crippen molar-refractivity contribution >= 4 is 22.6 Å². The summed E-state index contributed by atoms with van der Waals surface area (Å²) in [5, 5.41) is 11.4. The monoisotopic (exact) mass is 281 g/mol. The summed E-state index contributed by atoms with van der Waals surface area (Å²) in [4.78, 5) is 27.2. The van der Waals surface area contributed by atoms with Crippen LogP contribution in [0.25, 0.3) is 11.0 Å². The van der Waals surface area contributed by atoms with Crippen LogP contribution in [-0.4, -0.2) is 20.4 Å². The molecule has 0 unspecified atom stereocenters. The predicted octanol–water partition coefficient (Wildman–Crippen LogP) is 2.94. The lowest BCUT2D eigenvalue weighted by Crippen LogP contribution is -2.11. The van der Waals surface area contributed by atoms with E-state index in [1.54, 1.807) is 30.3 Å². The Morgan fingerprint density at radius 3 is 2.81 bits per heavy atom. The quantitative estimate of drug-likeness (QED) is 0.534. The van der Waals surface area contributed by atoms with Crippen molar-refractivity contribution in [2.24, 2.45) is 0 Å². The topological polar surface area (TPSA) is 78.0 Å². The Kier molecular flexibility index (Phi) is 2.98. The van der Waals surface area contributed by atoms with E-state index in [1.165, 1.54) is 17.0 Å². The van der Waals surface area contributed by atoms with Crippen molar-refractivity contribution in [3.8, 4) is 0 Å². The van der Waals surface area contributed by atoms with Crippen molar-refractivity contribution in [1.82, 2.24) is 9.55 Å². The van der Waals surface area contributed by atoms with Gasteiger partial charge in [0.25, 0.3) is 11.6 Å². The van der Waals surface area contributed by atoms with Gasteiger partial charge in [-0.2, -0.15) is 0 Å². The molecule has 104 valence electrons. The number of benzene rings is 1. The average Bonchev–Trinajstić information content (AvgIpc) is 2.86. The van der Waals surface area contributed by atoms with E-state index < -0.39 is 4.92 Å². The molecule has 2 aromatic heterocycles. The van der Waals surface area contributed by atoms with Gasteiger partial charge in [-0.15, -0.1) is 0 Å². The molecule has 6 heteroatoms. The molecule has 0 saturated heterocycles. The van der Waals surface area contributed by atoms with Gasteiger partial charge in [-0.3, -0.25) is 19.5 Å². The Balaban J connectivity index is 2.21. The Morgan fingerprint density at radius 1 is 1.29 bits per heavy atom. The van der Waals surface area contributed by atoms with Gasteiger partial charge in [0, 0.05) is 11.8 Å². The molecular formula is C15H11N3O3. The van der Waals surface area contributed by atoms with Crippen LogP contribution in [0.2, 0.25) is 0 Å². The Labute approximate surface area is 119 Å². The van der Waals surface area contributed by atoms with Crippen LogP contribution in [-0.2, 0) is 0 Å². The van der Waals surface area contributed by atoms with Gasteiger partial charge in [0.2, 0.25) is 0 Å². The molecule has 0 N–H and O–H groups in total. The number of hydrogen-bond acceptors (Lipinski definition) is 4. The lowest BCUT2D eigenvalue weighted by molar-refractivity contribution is -0.383. The first kappa shape index (κ1) is 13.0. The molecule has 0 aliphatic heterocycles. The van der Waals surface area contributed by atoms with E-state index in [9.17, 15) is 14.9 Å². The zero-order valence-corrected chi connectivity index (χ0v) is 11.2. The van der Waals surface area contributed by atoms with Crippen molar-refractivity contribution in [2.75, 3.05) is 0 Å². The highest BCUT2D eigenvalue weighted by Gasteiger charge is 2.22. The summed E-state index contributed by atoms with van der Waals surface area (Å²) in [6.07, 6.45) is 2.73. The lowest BCUT2D eigenvalue weighted by atomic mass is 10.1. The third-order valence-electron chi connectivity index (χ3n) is 3.22. The number of hydrogen-bond donors (Lipinski definition) is 0. The molecule has 0 bridgehead atoms. The van der Waals surface area contributed by atoms with Crippen LogP contribution in [0.1, 0.15) is 15.9 Å². The molecule has 1 aromatic carbocycles. The van der Waals surface area contributed by atoms with E-state index in [4.69, 9.17) is 0 Å². The van der Waals surface area contributed by atoms with Crippen LogP contribution in [0, 0.1) is 17.0 Å². The summed E-state index contributed by atoms with van der Waals surface area (Å²) in [6, 6.07) is 10.3. The zero-order chi connectivity index (χ0) is 15.0. The first-order chi connectivity index (χ1) is 10.1. The summed E-state index contributed by atoms with van der Waals surface area (Å²) in [7, 11) is 0. The van der Waals surface area contributed by atoms with Crippen LogP contribution >= 0.6 is 0 Å². The number of aromatic nitrogens is 2. The van der Waals surface area contributed by atoms with E-state index in [1.807, 2.05) is 13.0 Å². The summed E-state index contributed by atoms with van der Waals surface area (Å²) in [5.41, 5.74) is 1.57. The number of rotatable bonds is 2. The van der Waals surface area contributed by atoms with Crippen LogP contribution in [0.3, 0.4) is 0 Å². The molecule has 0 radical (unpaired) electrons. The van der Waals surface area contributed by atoms with E-state index >= 15 is 0 Å². The lowest BCUT2D eigenvalue weighted by Gasteiger charge is -2.03. The van der Waals surface area contributed by atoms with Crippen molar-refractivity contribution < 1.29 is 9.72 Å². The van der Waals surface area contributed by atoms with Crippen LogP contribution in [0.4, 0.5) is 5.69 Å². The van der Waals surface area contributed by atoms with Crippen molar-refractivity contribution in [3.05, 3.63) is 70.0 Å². The normalized spacial score (nSPS) is 10.7. The largest absolute Gasteiger partial charge is 0.296 e. The smallest absolute Gasteiger partial charge is 0.268 e. The third kappa shape index (κ3) is 2.16. The fourth-order valence-corrected chi connectivity index (χ4v) is 2.26. The van der Waals surface area contributed by atoms with Gasteiger partial charge in [-0.25, -0.2) is 4.98 Å². The molecular weight excluding hydrogens is 270 g/mol. The van der Waals surface area contributed by atoms with Gasteiger partial charge >= 0.3 is 0 Å². The molecule has 0 saturated carbocycles. The number of fused-ring (bicyclic) bond motifs is 1. The maximum atomic E-state index is 12.5. The van der Waals surface area contributed by atoms with Crippen molar-refractivity contribution in [1.29, 1.82) is 0 Å². The standard InChI is InChI=1S/C15H11N3O3/c1-10-4-2-5-11(8-10)15(19)17-9-13(18(20)21)12-6-3-7-16-14(12)17/h2-9H,1H3. The molecule has 2 heterocycles. The minimum Gasteiger partial charge on any atom is -0.268 e. The van der Waals surface area contributed by atoms with E-state index in [0.717, 1.165) is 5.56 Å². The molecule has 0 fully saturated rings. The Hall–Kier alpha value is -3.02. The summed E-state index contributed by atoms with van der Waals surface area (Å²) < 4.78 is 1.22.